The predicted octanol–water partition coefficient (Wildman–Crippen LogP) is 3.92. The van der Waals surface area contributed by atoms with E-state index in [4.69, 9.17) is 5.11 Å². The summed E-state index contributed by atoms with van der Waals surface area (Å²) in [4.78, 5) is 7.05. The van der Waals surface area contributed by atoms with Crippen molar-refractivity contribution >= 4 is 5.57 Å². The van der Waals surface area contributed by atoms with E-state index in [-0.39, 0.29) is 6.61 Å². The summed E-state index contributed by atoms with van der Waals surface area (Å²) in [5, 5.41) is 7.57. The maximum Gasteiger partial charge on any atom is 0.0705 e. The van der Waals surface area contributed by atoms with E-state index in [1.165, 1.54) is 42.6 Å². The van der Waals surface area contributed by atoms with Crippen LogP contribution in [0.25, 0.3) is 5.57 Å². The Morgan fingerprint density at radius 3 is 2.38 bits per heavy atom. The minimum atomic E-state index is 0.250. The molecule has 1 aliphatic heterocycles. The van der Waals surface area contributed by atoms with Crippen molar-refractivity contribution in [1.82, 2.24) is 9.88 Å². The predicted molar refractivity (Wildman–Crippen MR) is 101 cm³/mol. The van der Waals surface area contributed by atoms with Crippen LogP contribution < -0.4 is 0 Å². The van der Waals surface area contributed by atoms with Gasteiger partial charge in [-0.05, 0) is 57.5 Å². The molecule has 1 aromatic carbocycles. The fourth-order valence-electron chi connectivity index (χ4n) is 2.81. The molecule has 128 valence electrons. The van der Waals surface area contributed by atoms with Crippen LogP contribution in [0.1, 0.15) is 36.6 Å². The van der Waals surface area contributed by atoms with E-state index in [1.807, 2.05) is 12.3 Å². The topological polar surface area (TPSA) is 36.4 Å². The highest BCUT2D eigenvalue weighted by molar-refractivity contribution is 5.78. The molecule has 3 nitrogen and oxygen atoms in total. The van der Waals surface area contributed by atoms with Crippen LogP contribution in [0.15, 0.2) is 54.7 Å². The Morgan fingerprint density at radius 2 is 1.79 bits per heavy atom. The van der Waals surface area contributed by atoms with Crippen molar-refractivity contribution in [2.24, 2.45) is 0 Å². The van der Waals surface area contributed by atoms with Crippen LogP contribution in [0.3, 0.4) is 0 Å². The summed E-state index contributed by atoms with van der Waals surface area (Å²) in [6.45, 7) is 7.51. The Bertz CT molecular complexity index is 614. The monoisotopic (exact) mass is 324 g/mol. The van der Waals surface area contributed by atoms with E-state index in [1.54, 1.807) is 6.92 Å². The number of likely N-dealkylation sites (tertiary alicyclic amines) is 1. The quantitative estimate of drug-likeness (QED) is 0.926. The van der Waals surface area contributed by atoms with Crippen LogP contribution in [-0.4, -0.2) is 41.2 Å². The first-order valence-corrected chi connectivity index (χ1v) is 8.76. The van der Waals surface area contributed by atoms with E-state index >= 15 is 0 Å². The molecule has 1 fully saturated rings. The van der Waals surface area contributed by atoms with Crippen LogP contribution in [0.5, 0.6) is 0 Å². The van der Waals surface area contributed by atoms with Crippen molar-refractivity contribution < 1.29 is 5.11 Å². The third-order valence-electron chi connectivity index (χ3n) is 4.06. The van der Waals surface area contributed by atoms with Crippen molar-refractivity contribution in [2.75, 3.05) is 26.2 Å². The highest BCUT2D eigenvalue weighted by atomic mass is 16.2. The maximum absolute atomic E-state index is 7.57. The number of aliphatic hydroxyl groups excluding tert-OH is 1. The standard InChI is InChI=1S/C19H22N2.C2H6O/c1-16-7-9-17(10-8-16)18(19-6-2-3-12-20-19)11-15-21-13-4-5-14-21;1-2-3/h2-3,6-12H,4-5,13-15H2,1H3;3H,2H2,1H3/b18-11+;. The second-order valence-corrected chi connectivity index (χ2v) is 6.02. The molecule has 2 heterocycles. The normalized spacial score (nSPS) is 15.0. The second kappa shape index (κ2) is 10.0. The average Bonchev–Trinajstić information content (AvgIpc) is 3.12. The van der Waals surface area contributed by atoms with Crippen molar-refractivity contribution in [2.45, 2.75) is 26.7 Å². The molecular formula is C21H28N2O. The molecule has 3 rings (SSSR count). The van der Waals surface area contributed by atoms with Crippen molar-refractivity contribution in [3.8, 4) is 0 Å². The lowest BCUT2D eigenvalue weighted by atomic mass is 10.0. The molecule has 0 unspecified atom stereocenters. The first-order valence-electron chi connectivity index (χ1n) is 8.76. The first-order chi connectivity index (χ1) is 11.7. The van der Waals surface area contributed by atoms with E-state index in [0.29, 0.717) is 0 Å². The SMILES string of the molecule is CCO.Cc1ccc(/C(=C\CN2CCCC2)c2ccccn2)cc1. The zero-order valence-corrected chi connectivity index (χ0v) is 14.8. The molecule has 0 radical (unpaired) electrons. The van der Waals surface area contributed by atoms with Crippen LogP contribution in [0.4, 0.5) is 0 Å². The summed E-state index contributed by atoms with van der Waals surface area (Å²) in [5.41, 5.74) is 4.83. The van der Waals surface area contributed by atoms with Gasteiger partial charge in [-0.25, -0.2) is 0 Å². The average molecular weight is 324 g/mol. The zero-order chi connectivity index (χ0) is 17.2. The summed E-state index contributed by atoms with van der Waals surface area (Å²) < 4.78 is 0. The Balaban J connectivity index is 0.000000647. The smallest absolute Gasteiger partial charge is 0.0705 e. The van der Waals surface area contributed by atoms with Gasteiger partial charge in [0.15, 0.2) is 0 Å². The lowest BCUT2D eigenvalue weighted by Crippen LogP contribution is -2.19. The van der Waals surface area contributed by atoms with E-state index in [0.717, 1.165) is 12.2 Å². The Labute approximate surface area is 145 Å². The van der Waals surface area contributed by atoms with Gasteiger partial charge >= 0.3 is 0 Å². The first kappa shape index (κ1) is 18.4. The lowest BCUT2D eigenvalue weighted by Gasteiger charge is -2.14. The summed E-state index contributed by atoms with van der Waals surface area (Å²) in [6.07, 6.45) is 6.86. The molecule has 1 aliphatic rings. The van der Waals surface area contributed by atoms with Crippen LogP contribution in [0, 0.1) is 6.92 Å². The van der Waals surface area contributed by atoms with Gasteiger partial charge in [0.25, 0.3) is 0 Å². The molecule has 3 heteroatoms. The number of rotatable bonds is 4. The minimum absolute atomic E-state index is 0.250. The van der Waals surface area contributed by atoms with Gasteiger partial charge in [0.1, 0.15) is 0 Å². The van der Waals surface area contributed by atoms with Gasteiger partial charge in [-0.2, -0.15) is 0 Å². The number of aryl methyl sites for hydroxylation is 1. The summed E-state index contributed by atoms with van der Waals surface area (Å²) in [7, 11) is 0. The largest absolute Gasteiger partial charge is 0.397 e. The fourth-order valence-corrected chi connectivity index (χ4v) is 2.81. The summed E-state index contributed by atoms with van der Waals surface area (Å²) in [6, 6.07) is 14.8. The number of hydrogen-bond donors (Lipinski definition) is 1. The van der Waals surface area contributed by atoms with Gasteiger partial charge in [-0.3, -0.25) is 9.88 Å². The molecule has 0 atom stereocenters. The van der Waals surface area contributed by atoms with Gasteiger partial charge < -0.3 is 5.11 Å². The number of pyridine rings is 1. The molecule has 24 heavy (non-hydrogen) atoms. The molecule has 1 N–H and O–H groups in total. The number of nitrogens with zero attached hydrogens (tertiary/aromatic N) is 2. The van der Waals surface area contributed by atoms with Gasteiger partial charge in [0.05, 0.1) is 5.69 Å². The Kier molecular flexibility index (Phi) is 7.66. The second-order valence-electron chi connectivity index (χ2n) is 6.02. The van der Waals surface area contributed by atoms with Crippen molar-refractivity contribution in [3.05, 3.63) is 71.6 Å². The number of hydrogen-bond acceptors (Lipinski definition) is 3. The van der Waals surface area contributed by atoms with Crippen LogP contribution in [0.2, 0.25) is 0 Å². The van der Waals surface area contributed by atoms with E-state index in [2.05, 4.69) is 59.3 Å². The Hall–Kier alpha value is -1.97. The number of benzene rings is 1. The molecule has 0 saturated carbocycles. The number of aromatic nitrogens is 1. The summed E-state index contributed by atoms with van der Waals surface area (Å²) in [5.74, 6) is 0. The molecular weight excluding hydrogens is 296 g/mol. The zero-order valence-electron chi connectivity index (χ0n) is 14.8. The molecule has 2 aromatic rings. The Morgan fingerprint density at radius 1 is 1.12 bits per heavy atom. The highest BCUT2D eigenvalue weighted by Gasteiger charge is 2.11. The minimum Gasteiger partial charge on any atom is -0.397 e. The lowest BCUT2D eigenvalue weighted by molar-refractivity contribution is 0.318. The van der Waals surface area contributed by atoms with Gasteiger partial charge in [-0.1, -0.05) is 42.0 Å². The van der Waals surface area contributed by atoms with Gasteiger partial charge in [0.2, 0.25) is 0 Å². The third-order valence-corrected chi connectivity index (χ3v) is 4.06. The molecule has 0 spiro atoms. The van der Waals surface area contributed by atoms with E-state index in [9.17, 15) is 0 Å². The van der Waals surface area contributed by atoms with Gasteiger partial charge in [0, 0.05) is 24.9 Å². The molecule has 0 amide bonds. The fraction of sp³-hybridized carbons (Fsp3) is 0.381. The van der Waals surface area contributed by atoms with E-state index < -0.39 is 0 Å². The molecule has 0 aliphatic carbocycles. The molecule has 1 saturated heterocycles. The van der Waals surface area contributed by atoms with Gasteiger partial charge in [-0.15, -0.1) is 0 Å². The number of aliphatic hydroxyl groups is 1. The van der Waals surface area contributed by atoms with Crippen molar-refractivity contribution in [1.29, 1.82) is 0 Å². The molecule has 0 bridgehead atoms. The molecule has 1 aromatic heterocycles. The van der Waals surface area contributed by atoms with Crippen molar-refractivity contribution in [3.63, 3.8) is 0 Å². The highest BCUT2D eigenvalue weighted by Crippen LogP contribution is 2.22. The summed E-state index contributed by atoms with van der Waals surface area (Å²) >= 11 is 0. The van der Waals surface area contributed by atoms with Crippen LogP contribution >= 0.6 is 0 Å². The third kappa shape index (κ3) is 5.59. The van der Waals surface area contributed by atoms with Crippen LogP contribution in [-0.2, 0) is 0 Å². The maximum atomic E-state index is 7.57.